The molecular formula is C16H21FO11. The molecule has 158 valence electrons. The van der Waals surface area contributed by atoms with Crippen molar-refractivity contribution in [3.8, 4) is 0 Å². The van der Waals surface area contributed by atoms with E-state index in [4.69, 9.17) is 23.7 Å². The Labute approximate surface area is 159 Å². The number of rotatable bonds is 6. The van der Waals surface area contributed by atoms with Crippen LogP contribution < -0.4 is 0 Å². The van der Waals surface area contributed by atoms with Gasteiger partial charge >= 0.3 is 35.7 Å². The van der Waals surface area contributed by atoms with Gasteiger partial charge in [0.2, 0.25) is 6.10 Å². The molecule has 0 bridgehead atoms. The van der Waals surface area contributed by atoms with Gasteiger partial charge in [-0.2, -0.15) is 4.39 Å². The van der Waals surface area contributed by atoms with Crippen LogP contribution in [0.1, 0.15) is 34.6 Å². The molecule has 0 aromatic rings. The van der Waals surface area contributed by atoms with E-state index in [1.165, 1.54) is 0 Å². The van der Waals surface area contributed by atoms with Crippen molar-refractivity contribution < 1.29 is 56.8 Å². The van der Waals surface area contributed by atoms with Crippen LogP contribution in [0.5, 0.6) is 0 Å². The van der Waals surface area contributed by atoms with Gasteiger partial charge in [-0.25, -0.2) is 0 Å². The molecule has 28 heavy (non-hydrogen) atoms. The molecular weight excluding hydrogens is 387 g/mol. The number of halogens is 1. The highest BCUT2D eigenvalue weighted by atomic mass is 19.2. The van der Waals surface area contributed by atoms with Gasteiger partial charge in [0.25, 0.3) is 6.29 Å². The second-order valence-corrected chi connectivity index (χ2v) is 5.81. The Morgan fingerprint density at radius 1 is 0.821 bits per heavy atom. The van der Waals surface area contributed by atoms with E-state index in [-0.39, 0.29) is 0 Å². The standard InChI is InChI=1S/C16H21FO11/c1-7(18)23-6-12-13(24-8(2)19)14(25-9(3)20)16(17,28-11(5)22)15(27-12)26-10(4)21/h12-15H,6H2,1-5H3/t12-,13-,14+,15+,16+/m1/s1. The van der Waals surface area contributed by atoms with Gasteiger partial charge in [-0.05, 0) is 0 Å². The molecule has 0 spiro atoms. The van der Waals surface area contributed by atoms with Crippen molar-refractivity contribution in [1.29, 1.82) is 0 Å². The van der Waals surface area contributed by atoms with Gasteiger partial charge in [-0.15, -0.1) is 0 Å². The largest absolute Gasteiger partial charge is 0.463 e. The van der Waals surface area contributed by atoms with E-state index in [2.05, 4.69) is 4.74 Å². The summed E-state index contributed by atoms with van der Waals surface area (Å²) in [6, 6.07) is 0. The van der Waals surface area contributed by atoms with E-state index in [0.717, 1.165) is 34.6 Å². The Kier molecular flexibility index (Phi) is 7.85. The van der Waals surface area contributed by atoms with Crippen molar-refractivity contribution in [3.63, 3.8) is 0 Å². The minimum absolute atomic E-state index is 0.570. The SMILES string of the molecule is CC(=O)OC[C@H]1O[C@H](OC(C)=O)[C@@](F)(OC(C)=O)[C@@H](OC(C)=O)[C@@H]1OC(C)=O. The van der Waals surface area contributed by atoms with Gasteiger partial charge in [0.15, 0.2) is 6.10 Å². The van der Waals surface area contributed by atoms with E-state index in [1.54, 1.807) is 0 Å². The number of hydrogen-bond acceptors (Lipinski definition) is 11. The number of esters is 5. The molecule has 0 N–H and O–H groups in total. The molecule has 1 heterocycles. The lowest BCUT2D eigenvalue weighted by atomic mass is 9.96. The zero-order valence-corrected chi connectivity index (χ0v) is 15.9. The lowest BCUT2D eigenvalue weighted by Crippen LogP contribution is -2.68. The van der Waals surface area contributed by atoms with Gasteiger partial charge < -0.3 is 28.4 Å². The zero-order valence-electron chi connectivity index (χ0n) is 15.9. The molecule has 12 heteroatoms. The lowest BCUT2D eigenvalue weighted by molar-refractivity contribution is -0.372. The quantitative estimate of drug-likeness (QED) is 0.431. The van der Waals surface area contributed by atoms with Crippen LogP contribution in [-0.2, 0) is 52.4 Å². The average molecular weight is 408 g/mol. The number of carbonyl (C=O) groups excluding carboxylic acids is 5. The molecule has 5 atom stereocenters. The zero-order chi connectivity index (χ0) is 21.6. The molecule has 1 fully saturated rings. The number of ether oxygens (including phenoxy) is 6. The Balaban J connectivity index is 3.44. The van der Waals surface area contributed by atoms with Crippen LogP contribution in [0.2, 0.25) is 0 Å². The fraction of sp³-hybridized carbons (Fsp3) is 0.688. The molecule has 0 aliphatic carbocycles. The maximum absolute atomic E-state index is 15.7. The second kappa shape index (κ2) is 9.44. The third-order valence-corrected chi connectivity index (χ3v) is 3.29. The molecule has 0 aromatic carbocycles. The van der Waals surface area contributed by atoms with Gasteiger partial charge in [0.1, 0.15) is 12.7 Å². The van der Waals surface area contributed by atoms with E-state index in [9.17, 15) is 24.0 Å². The number of hydrogen-bond donors (Lipinski definition) is 0. The molecule has 1 aliphatic heterocycles. The van der Waals surface area contributed by atoms with E-state index in [1.807, 2.05) is 0 Å². The Bertz CT molecular complexity index is 649. The summed E-state index contributed by atoms with van der Waals surface area (Å²) < 4.78 is 45.0. The van der Waals surface area contributed by atoms with Crippen molar-refractivity contribution in [2.75, 3.05) is 6.61 Å². The van der Waals surface area contributed by atoms with Crippen LogP contribution in [0.15, 0.2) is 0 Å². The van der Waals surface area contributed by atoms with Gasteiger partial charge in [-0.3, -0.25) is 24.0 Å². The average Bonchev–Trinajstić information content (AvgIpc) is 2.50. The van der Waals surface area contributed by atoms with Crippen LogP contribution in [0.25, 0.3) is 0 Å². The second-order valence-electron chi connectivity index (χ2n) is 5.81. The first-order valence-corrected chi connectivity index (χ1v) is 8.05. The molecule has 0 radical (unpaired) electrons. The van der Waals surface area contributed by atoms with Crippen molar-refractivity contribution in [2.45, 2.75) is 65.1 Å². The summed E-state index contributed by atoms with van der Waals surface area (Å²) in [6.07, 6.45) is -7.40. The topological polar surface area (TPSA) is 141 Å². The van der Waals surface area contributed by atoms with Crippen LogP contribution in [0, 0.1) is 0 Å². The van der Waals surface area contributed by atoms with Crippen LogP contribution in [0.4, 0.5) is 4.39 Å². The molecule has 1 rings (SSSR count). The highest BCUT2D eigenvalue weighted by Crippen LogP contribution is 2.39. The van der Waals surface area contributed by atoms with Crippen molar-refractivity contribution in [3.05, 3.63) is 0 Å². The highest BCUT2D eigenvalue weighted by molar-refractivity contribution is 5.69. The maximum atomic E-state index is 15.7. The third-order valence-electron chi connectivity index (χ3n) is 3.29. The van der Waals surface area contributed by atoms with Gasteiger partial charge in [0, 0.05) is 34.6 Å². The highest BCUT2D eigenvalue weighted by Gasteiger charge is 2.65. The normalized spacial score (nSPS) is 29.2. The van der Waals surface area contributed by atoms with Crippen LogP contribution >= 0.6 is 0 Å². The lowest BCUT2D eigenvalue weighted by Gasteiger charge is -2.46. The van der Waals surface area contributed by atoms with Gasteiger partial charge in [-0.1, -0.05) is 0 Å². The molecule has 1 saturated heterocycles. The smallest absolute Gasteiger partial charge is 0.353 e. The summed E-state index contributed by atoms with van der Waals surface area (Å²) in [5.74, 6) is -8.22. The monoisotopic (exact) mass is 408 g/mol. The van der Waals surface area contributed by atoms with Crippen molar-refractivity contribution in [2.24, 2.45) is 0 Å². The number of carbonyl (C=O) groups is 5. The molecule has 0 aromatic heterocycles. The van der Waals surface area contributed by atoms with Crippen LogP contribution in [0.3, 0.4) is 0 Å². The summed E-state index contributed by atoms with van der Waals surface area (Å²) in [5, 5.41) is 0. The molecule has 0 unspecified atom stereocenters. The predicted octanol–water partition coefficient (Wildman–Crippen LogP) is -0.0702. The predicted molar refractivity (Wildman–Crippen MR) is 83.8 cm³/mol. The van der Waals surface area contributed by atoms with Crippen LogP contribution in [-0.4, -0.2) is 66.9 Å². The summed E-state index contributed by atoms with van der Waals surface area (Å²) in [6.45, 7) is 4.20. The Hall–Kier alpha value is -2.76. The third kappa shape index (κ3) is 6.15. The summed E-state index contributed by atoms with van der Waals surface area (Å²) in [5.41, 5.74) is 0. The minimum Gasteiger partial charge on any atom is -0.463 e. The minimum atomic E-state index is -3.35. The van der Waals surface area contributed by atoms with Crippen molar-refractivity contribution >= 4 is 29.8 Å². The Morgan fingerprint density at radius 3 is 1.79 bits per heavy atom. The first kappa shape index (κ1) is 23.3. The maximum Gasteiger partial charge on any atom is 0.353 e. The summed E-state index contributed by atoms with van der Waals surface area (Å²) in [4.78, 5) is 56.9. The first-order valence-electron chi connectivity index (χ1n) is 8.05. The number of alkyl halides is 1. The molecule has 1 aliphatic rings. The molecule has 0 amide bonds. The Morgan fingerprint density at radius 2 is 1.36 bits per heavy atom. The fourth-order valence-electron chi connectivity index (χ4n) is 2.46. The fourth-order valence-corrected chi connectivity index (χ4v) is 2.46. The van der Waals surface area contributed by atoms with Crippen molar-refractivity contribution in [1.82, 2.24) is 0 Å². The van der Waals surface area contributed by atoms with Gasteiger partial charge in [0.05, 0.1) is 0 Å². The van der Waals surface area contributed by atoms with E-state index in [0.29, 0.717) is 0 Å². The van der Waals surface area contributed by atoms with E-state index < -0.39 is 66.9 Å². The first-order chi connectivity index (χ1) is 12.9. The summed E-state index contributed by atoms with van der Waals surface area (Å²) >= 11 is 0. The molecule has 11 nitrogen and oxygen atoms in total. The molecule has 0 saturated carbocycles. The summed E-state index contributed by atoms with van der Waals surface area (Å²) in [7, 11) is 0. The van der Waals surface area contributed by atoms with E-state index >= 15 is 4.39 Å².